The van der Waals surface area contributed by atoms with Crippen LogP contribution in [0, 0.1) is 5.82 Å². The van der Waals surface area contributed by atoms with Gasteiger partial charge in [0.2, 0.25) is 10.0 Å². The Balaban J connectivity index is 2.13. The van der Waals surface area contributed by atoms with Gasteiger partial charge in [-0.2, -0.15) is 0 Å². The quantitative estimate of drug-likeness (QED) is 0.834. The van der Waals surface area contributed by atoms with Gasteiger partial charge < -0.3 is 5.11 Å². The second kappa shape index (κ2) is 6.80. The summed E-state index contributed by atoms with van der Waals surface area (Å²) in [5, 5.41) is 11.4. The summed E-state index contributed by atoms with van der Waals surface area (Å²) < 4.78 is 40.1. The summed E-state index contributed by atoms with van der Waals surface area (Å²) in [5.41, 5.74) is 0.0250. The molecule has 5 nitrogen and oxygen atoms in total. The molecule has 21 heavy (non-hydrogen) atoms. The average molecular weight is 351 g/mol. The van der Waals surface area contributed by atoms with Crippen LogP contribution in [0.4, 0.5) is 4.39 Å². The topological polar surface area (TPSA) is 79.3 Å². The third-order valence-electron chi connectivity index (χ3n) is 2.67. The Labute approximate surface area is 130 Å². The summed E-state index contributed by atoms with van der Waals surface area (Å²) in [6, 6.07) is 1.98. The van der Waals surface area contributed by atoms with E-state index in [-0.39, 0.29) is 22.0 Å². The lowest BCUT2D eigenvalue weighted by Crippen LogP contribution is -2.26. The number of aromatic nitrogens is 1. The number of hydrogen-bond donors (Lipinski definition) is 2. The van der Waals surface area contributed by atoms with Crippen LogP contribution in [0.2, 0.25) is 5.02 Å². The van der Waals surface area contributed by atoms with E-state index in [1.54, 1.807) is 11.6 Å². The summed E-state index contributed by atoms with van der Waals surface area (Å²) >= 11 is 7.05. The Morgan fingerprint density at radius 3 is 2.81 bits per heavy atom. The molecule has 0 aliphatic carbocycles. The van der Waals surface area contributed by atoms with Crippen LogP contribution < -0.4 is 4.72 Å². The van der Waals surface area contributed by atoms with Crippen molar-refractivity contribution >= 4 is 33.0 Å². The molecule has 114 valence electrons. The Kier molecular flexibility index (Phi) is 5.28. The highest BCUT2D eigenvalue weighted by atomic mass is 35.5. The van der Waals surface area contributed by atoms with Gasteiger partial charge in [0.25, 0.3) is 0 Å². The van der Waals surface area contributed by atoms with Crippen molar-refractivity contribution in [3.63, 3.8) is 0 Å². The minimum atomic E-state index is -3.87. The number of halogens is 2. The number of nitrogens with zero attached hydrogens (tertiary/aromatic N) is 1. The van der Waals surface area contributed by atoms with Gasteiger partial charge in [-0.15, -0.1) is 11.3 Å². The molecule has 0 aliphatic rings. The first-order valence-corrected chi connectivity index (χ1v) is 8.65. The number of rotatable bonds is 6. The number of thiazole rings is 1. The van der Waals surface area contributed by atoms with Crippen molar-refractivity contribution in [1.29, 1.82) is 0 Å². The van der Waals surface area contributed by atoms with E-state index in [0.717, 1.165) is 17.1 Å². The van der Waals surface area contributed by atoms with Crippen molar-refractivity contribution in [3.05, 3.63) is 45.1 Å². The van der Waals surface area contributed by atoms with Crippen LogP contribution in [0.3, 0.4) is 0 Å². The zero-order valence-electron chi connectivity index (χ0n) is 10.7. The third-order valence-corrected chi connectivity index (χ3v) is 5.38. The molecule has 0 aliphatic heterocycles. The molecule has 0 spiro atoms. The van der Waals surface area contributed by atoms with Crippen LogP contribution >= 0.6 is 22.9 Å². The van der Waals surface area contributed by atoms with E-state index in [1.165, 1.54) is 11.3 Å². The summed E-state index contributed by atoms with van der Waals surface area (Å²) in [4.78, 5) is 3.76. The van der Waals surface area contributed by atoms with Crippen molar-refractivity contribution in [3.8, 4) is 0 Å². The minimum absolute atomic E-state index is 0.0250. The van der Waals surface area contributed by atoms with Gasteiger partial charge in [0.15, 0.2) is 0 Å². The van der Waals surface area contributed by atoms with E-state index in [4.69, 9.17) is 16.7 Å². The van der Waals surface area contributed by atoms with E-state index in [9.17, 15) is 12.8 Å². The van der Waals surface area contributed by atoms with E-state index >= 15 is 0 Å². The van der Waals surface area contributed by atoms with Gasteiger partial charge in [0.1, 0.15) is 5.82 Å². The fourth-order valence-corrected chi connectivity index (χ4v) is 3.52. The van der Waals surface area contributed by atoms with Crippen LogP contribution in [0.5, 0.6) is 0 Å². The first-order valence-electron chi connectivity index (χ1n) is 5.91. The van der Waals surface area contributed by atoms with Gasteiger partial charge in [-0.1, -0.05) is 11.6 Å². The van der Waals surface area contributed by atoms with E-state index in [2.05, 4.69) is 9.71 Å². The minimum Gasteiger partial charge on any atom is -0.392 e. The lowest BCUT2D eigenvalue weighted by atomic mass is 10.2. The molecular weight excluding hydrogens is 339 g/mol. The van der Waals surface area contributed by atoms with E-state index < -0.39 is 22.4 Å². The van der Waals surface area contributed by atoms with Gasteiger partial charge in [0, 0.05) is 30.1 Å². The Bertz CT molecular complexity index is 720. The van der Waals surface area contributed by atoms with Gasteiger partial charge in [-0.05, 0) is 12.1 Å². The number of aliphatic hydroxyl groups is 1. The molecule has 9 heteroatoms. The zero-order valence-corrected chi connectivity index (χ0v) is 13.1. The molecule has 0 unspecified atom stereocenters. The van der Waals surface area contributed by atoms with E-state index in [0.29, 0.717) is 6.42 Å². The molecule has 0 bridgehead atoms. The Morgan fingerprint density at radius 2 is 2.19 bits per heavy atom. The SMILES string of the molecule is O=S(=O)(NCCc1nccs1)c1cc(F)c(Cl)c(CO)c1. The second-order valence-corrected chi connectivity index (χ2v) is 7.23. The first-order chi connectivity index (χ1) is 9.94. The normalized spacial score (nSPS) is 11.8. The maximum Gasteiger partial charge on any atom is 0.240 e. The van der Waals surface area contributed by atoms with Crippen molar-refractivity contribution in [2.24, 2.45) is 0 Å². The molecule has 1 aromatic heterocycles. The van der Waals surface area contributed by atoms with Crippen molar-refractivity contribution in [2.45, 2.75) is 17.9 Å². The third kappa shape index (κ3) is 3.98. The fraction of sp³-hybridized carbons (Fsp3) is 0.250. The monoisotopic (exact) mass is 350 g/mol. The van der Waals surface area contributed by atoms with E-state index in [1.807, 2.05) is 0 Å². The van der Waals surface area contributed by atoms with Crippen LogP contribution in [0.25, 0.3) is 0 Å². The molecule has 2 N–H and O–H groups in total. The Morgan fingerprint density at radius 1 is 1.43 bits per heavy atom. The van der Waals surface area contributed by atoms with Crippen molar-refractivity contribution in [1.82, 2.24) is 9.71 Å². The average Bonchev–Trinajstić information content (AvgIpc) is 2.94. The summed E-state index contributed by atoms with van der Waals surface area (Å²) in [5.74, 6) is -0.886. The van der Waals surface area contributed by atoms with Crippen LogP contribution in [0.1, 0.15) is 10.6 Å². The number of benzene rings is 1. The molecule has 0 radical (unpaired) electrons. The predicted octanol–water partition coefficient (Wildman–Crippen LogP) is 1.95. The molecule has 0 atom stereocenters. The van der Waals surface area contributed by atoms with Crippen molar-refractivity contribution < 1.29 is 17.9 Å². The molecule has 2 aromatic rings. The molecule has 0 saturated carbocycles. The molecule has 1 heterocycles. The van der Waals surface area contributed by atoms with Gasteiger partial charge in [0.05, 0.1) is 21.5 Å². The highest BCUT2D eigenvalue weighted by Gasteiger charge is 2.18. The van der Waals surface area contributed by atoms with Crippen molar-refractivity contribution in [2.75, 3.05) is 6.54 Å². The molecule has 0 amide bonds. The Hall–Kier alpha value is -1.06. The standard InChI is InChI=1S/C12H12ClFN2O3S2/c13-12-8(7-17)5-9(6-10(12)14)21(18,19)16-2-1-11-15-3-4-20-11/h3-6,16-17H,1-2,7H2. The number of hydrogen-bond acceptors (Lipinski definition) is 5. The summed E-state index contributed by atoms with van der Waals surface area (Å²) in [6.45, 7) is -0.396. The van der Waals surface area contributed by atoms with Gasteiger partial charge in [-0.25, -0.2) is 22.5 Å². The van der Waals surface area contributed by atoms with Gasteiger partial charge in [-0.3, -0.25) is 0 Å². The van der Waals surface area contributed by atoms with Gasteiger partial charge >= 0.3 is 0 Å². The molecular formula is C12H12ClFN2O3S2. The second-order valence-electron chi connectivity index (χ2n) is 4.11. The summed E-state index contributed by atoms with van der Waals surface area (Å²) in [6.07, 6.45) is 2.08. The maximum absolute atomic E-state index is 13.6. The number of sulfonamides is 1. The number of aliphatic hydroxyl groups excluding tert-OH is 1. The largest absolute Gasteiger partial charge is 0.392 e. The first kappa shape index (κ1) is 16.3. The molecule has 0 fully saturated rings. The lowest BCUT2D eigenvalue weighted by Gasteiger charge is -2.09. The highest BCUT2D eigenvalue weighted by molar-refractivity contribution is 7.89. The fourth-order valence-electron chi connectivity index (χ4n) is 1.64. The predicted molar refractivity (Wildman–Crippen MR) is 78.3 cm³/mol. The lowest BCUT2D eigenvalue weighted by molar-refractivity contribution is 0.281. The maximum atomic E-state index is 13.6. The van der Waals surface area contributed by atoms with Crippen LogP contribution in [0.15, 0.2) is 28.6 Å². The molecule has 2 rings (SSSR count). The molecule has 1 aromatic carbocycles. The summed E-state index contributed by atoms with van der Waals surface area (Å²) in [7, 11) is -3.87. The zero-order chi connectivity index (χ0) is 15.5. The molecule has 0 saturated heterocycles. The smallest absolute Gasteiger partial charge is 0.240 e. The number of nitrogens with one attached hydrogen (secondary N) is 1. The van der Waals surface area contributed by atoms with Crippen LogP contribution in [-0.2, 0) is 23.1 Å². The van der Waals surface area contributed by atoms with Crippen LogP contribution in [-0.4, -0.2) is 25.1 Å². The highest BCUT2D eigenvalue weighted by Crippen LogP contribution is 2.24.